The van der Waals surface area contributed by atoms with Gasteiger partial charge in [0.1, 0.15) is 5.60 Å². The minimum atomic E-state index is -0.944. The third kappa shape index (κ3) is 1.94. The number of ether oxygens (including phenoxy) is 2. The van der Waals surface area contributed by atoms with Gasteiger partial charge in [-0.25, -0.2) is 4.79 Å². The minimum absolute atomic E-state index is 0. The van der Waals surface area contributed by atoms with Crippen LogP contribution in [0.2, 0.25) is 0 Å². The summed E-state index contributed by atoms with van der Waals surface area (Å²) in [5.41, 5.74) is -0.360. The van der Waals surface area contributed by atoms with E-state index in [1.54, 1.807) is 0 Å². The van der Waals surface area contributed by atoms with E-state index < -0.39 is 12.1 Å². The lowest BCUT2D eigenvalue weighted by Gasteiger charge is -2.46. The first kappa shape index (κ1) is 10.7. The van der Waals surface area contributed by atoms with Crippen molar-refractivity contribution in [3.63, 3.8) is 0 Å². The van der Waals surface area contributed by atoms with E-state index >= 15 is 0 Å². The van der Waals surface area contributed by atoms with Crippen molar-refractivity contribution in [3.8, 4) is 0 Å². The van der Waals surface area contributed by atoms with Gasteiger partial charge in [-0.3, -0.25) is 0 Å². The molecule has 2 N–H and O–H groups in total. The molecule has 0 saturated carbocycles. The molecule has 0 aromatic rings. The lowest BCUT2D eigenvalue weighted by molar-refractivity contribution is -0.223. The molecule has 2 heterocycles. The van der Waals surface area contributed by atoms with Gasteiger partial charge < -0.3 is 19.9 Å². The maximum Gasteiger partial charge on any atom is 0.335 e. The first-order valence-electron chi connectivity index (χ1n) is 3.91. The van der Waals surface area contributed by atoms with Crippen LogP contribution in [-0.4, -0.2) is 49.1 Å². The van der Waals surface area contributed by atoms with E-state index in [0.29, 0.717) is 19.7 Å². The maximum atomic E-state index is 10.6. The Kier molecular flexibility index (Phi) is 3.13. The molecule has 6 heteroatoms. The van der Waals surface area contributed by atoms with Crippen molar-refractivity contribution in [3.05, 3.63) is 0 Å². The summed E-state index contributed by atoms with van der Waals surface area (Å²) in [6.07, 6.45) is -0.791. The van der Waals surface area contributed by atoms with Gasteiger partial charge in [0.25, 0.3) is 0 Å². The number of carboxylic acids is 1. The average Bonchev–Trinajstić information content (AvgIpc) is 2.02. The zero-order valence-corrected chi connectivity index (χ0v) is 7.80. The molecule has 5 nitrogen and oxygen atoms in total. The summed E-state index contributed by atoms with van der Waals surface area (Å²) < 4.78 is 10.5. The van der Waals surface area contributed by atoms with Crippen LogP contribution in [0.1, 0.15) is 0 Å². The van der Waals surface area contributed by atoms with Gasteiger partial charge in [0, 0.05) is 13.1 Å². The molecule has 0 bridgehead atoms. The van der Waals surface area contributed by atoms with E-state index in [0.717, 1.165) is 0 Å². The van der Waals surface area contributed by atoms with Crippen LogP contribution in [0.3, 0.4) is 0 Å². The Bertz CT molecular complexity index is 207. The average molecular weight is 210 g/mol. The number of nitrogens with one attached hydrogen (secondary N) is 1. The molecule has 2 saturated heterocycles. The van der Waals surface area contributed by atoms with Crippen molar-refractivity contribution in [2.24, 2.45) is 0 Å². The highest BCUT2D eigenvalue weighted by Gasteiger charge is 2.45. The van der Waals surface area contributed by atoms with Crippen molar-refractivity contribution >= 4 is 18.4 Å². The molecule has 2 aliphatic heterocycles. The smallest absolute Gasteiger partial charge is 0.335 e. The molecule has 0 amide bonds. The first-order valence-corrected chi connectivity index (χ1v) is 3.91. The summed E-state index contributed by atoms with van der Waals surface area (Å²) in [6, 6.07) is 0. The molecular formula is C7H12ClNO4. The predicted octanol–water partition coefficient (Wildman–Crippen LogP) is -0.750. The van der Waals surface area contributed by atoms with E-state index in [4.69, 9.17) is 14.6 Å². The number of hydrogen-bond donors (Lipinski definition) is 2. The SMILES string of the molecule is Cl.O=C(O)C1COCC2(CNC2)O1. The zero-order chi connectivity index (χ0) is 8.60. The monoisotopic (exact) mass is 209 g/mol. The maximum absolute atomic E-state index is 10.6. The van der Waals surface area contributed by atoms with Gasteiger partial charge in [-0.2, -0.15) is 0 Å². The number of carboxylic acid groups (broad SMARTS) is 1. The Morgan fingerprint density at radius 3 is 2.69 bits per heavy atom. The zero-order valence-electron chi connectivity index (χ0n) is 6.99. The molecule has 1 unspecified atom stereocenters. The van der Waals surface area contributed by atoms with Crippen LogP contribution >= 0.6 is 12.4 Å². The van der Waals surface area contributed by atoms with Crippen LogP contribution in [0.15, 0.2) is 0 Å². The molecule has 0 aromatic carbocycles. The lowest BCUT2D eigenvalue weighted by atomic mass is 9.97. The van der Waals surface area contributed by atoms with Gasteiger partial charge in [-0.15, -0.1) is 12.4 Å². The van der Waals surface area contributed by atoms with Crippen LogP contribution in [0, 0.1) is 0 Å². The topological polar surface area (TPSA) is 67.8 Å². The number of rotatable bonds is 1. The highest BCUT2D eigenvalue weighted by molar-refractivity contribution is 5.85. The predicted molar refractivity (Wildman–Crippen MR) is 46.2 cm³/mol. The Labute approximate surface area is 81.8 Å². The van der Waals surface area contributed by atoms with Crippen LogP contribution in [0.5, 0.6) is 0 Å². The summed E-state index contributed by atoms with van der Waals surface area (Å²) in [7, 11) is 0. The van der Waals surface area contributed by atoms with Gasteiger partial charge in [0.05, 0.1) is 13.2 Å². The fraction of sp³-hybridized carbons (Fsp3) is 0.857. The minimum Gasteiger partial charge on any atom is -0.479 e. The lowest BCUT2D eigenvalue weighted by Crippen LogP contribution is -2.67. The summed E-state index contributed by atoms with van der Waals surface area (Å²) in [6.45, 7) is 2.05. The van der Waals surface area contributed by atoms with E-state index in [9.17, 15) is 4.79 Å². The summed E-state index contributed by atoms with van der Waals surface area (Å²) >= 11 is 0. The van der Waals surface area contributed by atoms with E-state index in [-0.39, 0.29) is 24.6 Å². The quantitative estimate of drug-likeness (QED) is 0.595. The molecule has 1 spiro atoms. The molecule has 0 aliphatic carbocycles. The van der Waals surface area contributed by atoms with Gasteiger partial charge in [-0.1, -0.05) is 0 Å². The normalized spacial score (nSPS) is 30.3. The van der Waals surface area contributed by atoms with Crippen molar-refractivity contribution in [2.75, 3.05) is 26.3 Å². The molecule has 76 valence electrons. The fourth-order valence-electron chi connectivity index (χ4n) is 1.43. The molecule has 2 rings (SSSR count). The van der Waals surface area contributed by atoms with Crippen LogP contribution in [-0.2, 0) is 14.3 Å². The summed E-state index contributed by atoms with van der Waals surface area (Å²) in [4.78, 5) is 10.6. The Balaban J connectivity index is 0.000000845. The highest BCUT2D eigenvalue weighted by Crippen LogP contribution is 2.23. The molecule has 2 fully saturated rings. The van der Waals surface area contributed by atoms with Crippen molar-refractivity contribution < 1.29 is 19.4 Å². The van der Waals surface area contributed by atoms with Crippen molar-refractivity contribution in [1.29, 1.82) is 0 Å². The van der Waals surface area contributed by atoms with Gasteiger partial charge in [0.2, 0.25) is 0 Å². The molecule has 13 heavy (non-hydrogen) atoms. The third-order valence-electron chi connectivity index (χ3n) is 2.20. The Morgan fingerprint density at radius 1 is 1.54 bits per heavy atom. The van der Waals surface area contributed by atoms with E-state index in [1.807, 2.05) is 0 Å². The van der Waals surface area contributed by atoms with Crippen molar-refractivity contribution in [1.82, 2.24) is 5.32 Å². The van der Waals surface area contributed by atoms with Crippen LogP contribution in [0.4, 0.5) is 0 Å². The van der Waals surface area contributed by atoms with E-state index in [2.05, 4.69) is 5.32 Å². The second-order valence-corrected chi connectivity index (χ2v) is 3.25. The number of halogens is 1. The molecule has 1 atom stereocenters. The van der Waals surface area contributed by atoms with Gasteiger partial charge in [0.15, 0.2) is 6.10 Å². The highest BCUT2D eigenvalue weighted by atomic mass is 35.5. The largest absolute Gasteiger partial charge is 0.479 e. The molecule has 0 aromatic heterocycles. The Morgan fingerprint density at radius 2 is 2.23 bits per heavy atom. The van der Waals surface area contributed by atoms with E-state index in [1.165, 1.54) is 0 Å². The number of carbonyl (C=O) groups is 1. The van der Waals surface area contributed by atoms with Gasteiger partial charge >= 0.3 is 5.97 Å². The van der Waals surface area contributed by atoms with Crippen LogP contribution in [0.25, 0.3) is 0 Å². The second-order valence-electron chi connectivity index (χ2n) is 3.25. The second kappa shape index (κ2) is 3.79. The van der Waals surface area contributed by atoms with Crippen LogP contribution < -0.4 is 5.32 Å². The summed E-state index contributed by atoms with van der Waals surface area (Å²) in [5, 5.41) is 11.7. The summed E-state index contributed by atoms with van der Waals surface area (Å²) in [5.74, 6) is -0.944. The van der Waals surface area contributed by atoms with Gasteiger partial charge in [-0.05, 0) is 0 Å². The first-order chi connectivity index (χ1) is 5.72. The molecule has 2 aliphatic rings. The Hall–Kier alpha value is -0.360. The molecular weight excluding hydrogens is 198 g/mol. The van der Waals surface area contributed by atoms with Crippen molar-refractivity contribution in [2.45, 2.75) is 11.7 Å². The standard InChI is InChI=1S/C7H11NO4.ClH/c9-6(10)5-1-11-4-7(12-5)2-8-3-7;/h5,8H,1-4H2,(H,9,10);1H. The fourth-order valence-corrected chi connectivity index (χ4v) is 1.43. The molecule has 0 radical (unpaired) electrons. The number of hydrogen-bond acceptors (Lipinski definition) is 4. The number of aliphatic carboxylic acids is 1. The third-order valence-corrected chi connectivity index (χ3v) is 2.20.